The number of aliphatic imine (C=N–C) groups is 1. The first kappa shape index (κ1) is 18.3. The van der Waals surface area contributed by atoms with Crippen LogP contribution in [0.15, 0.2) is 29.5 Å². The quantitative estimate of drug-likeness (QED) is 0.429. The number of pyridine rings is 1. The molecule has 1 aromatic rings. The van der Waals surface area contributed by atoms with E-state index in [0.717, 1.165) is 32.1 Å². The minimum absolute atomic E-state index is 0. The van der Waals surface area contributed by atoms with Crippen LogP contribution in [0.4, 0.5) is 5.69 Å². The van der Waals surface area contributed by atoms with Crippen molar-refractivity contribution in [2.45, 2.75) is 32.1 Å². The van der Waals surface area contributed by atoms with E-state index in [4.69, 9.17) is 5.73 Å². The molecule has 128 valence electrons. The molecule has 2 aliphatic rings. The van der Waals surface area contributed by atoms with Crippen molar-refractivity contribution < 1.29 is 0 Å². The highest BCUT2D eigenvalue weighted by molar-refractivity contribution is 14.0. The third kappa shape index (κ3) is 5.51. The molecule has 6 heteroatoms. The van der Waals surface area contributed by atoms with Gasteiger partial charge in [-0.15, -0.1) is 24.0 Å². The minimum atomic E-state index is 0. The average Bonchev–Trinajstić information content (AvgIpc) is 2.53. The third-order valence-corrected chi connectivity index (χ3v) is 4.96. The Morgan fingerprint density at radius 3 is 2.48 bits per heavy atom. The Balaban J connectivity index is 0.00000192. The Hall–Kier alpha value is -1.05. The van der Waals surface area contributed by atoms with Crippen molar-refractivity contribution in [1.29, 1.82) is 0 Å². The lowest BCUT2D eigenvalue weighted by Crippen LogP contribution is -2.41. The zero-order chi connectivity index (χ0) is 15.2. The Morgan fingerprint density at radius 1 is 1.17 bits per heavy atom. The second-order valence-electron chi connectivity index (χ2n) is 6.54. The van der Waals surface area contributed by atoms with Crippen LogP contribution in [0.2, 0.25) is 0 Å². The molecular formula is C17H28IN5. The van der Waals surface area contributed by atoms with Crippen LogP contribution < -0.4 is 16.0 Å². The van der Waals surface area contributed by atoms with Gasteiger partial charge < -0.3 is 16.0 Å². The van der Waals surface area contributed by atoms with Gasteiger partial charge in [-0.2, -0.15) is 0 Å². The van der Waals surface area contributed by atoms with E-state index in [9.17, 15) is 0 Å². The zero-order valence-electron chi connectivity index (χ0n) is 13.7. The van der Waals surface area contributed by atoms with Crippen LogP contribution in [0.1, 0.15) is 32.1 Å². The number of hydrogen-bond donors (Lipinski definition) is 2. The number of nitrogens with two attached hydrogens (primary N) is 1. The van der Waals surface area contributed by atoms with Crippen LogP contribution in [0.3, 0.4) is 0 Å². The summed E-state index contributed by atoms with van der Waals surface area (Å²) in [6.45, 7) is 4.06. The molecular weight excluding hydrogens is 401 g/mol. The highest BCUT2D eigenvalue weighted by Gasteiger charge is 2.20. The van der Waals surface area contributed by atoms with Gasteiger partial charge >= 0.3 is 0 Å². The number of piperidine rings is 1. The molecule has 2 heterocycles. The Bertz CT molecular complexity index is 481. The SMILES string of the molecule is I.NC(=NCC1CCC1)NCC1CCN(c2ccncc2)CC1. The molecule has 0 atom stereocenters. The molecule has 3 rings (SSSR count). The largest absolute Gasteiger partial charge is 0.371 e. The van der Waals surface area contributed by atoms with Crippen LogP contribution in [0.5, 0.6) is 0 Å². The summed E-state index contributed by atoms with van der Waals surface area (Å²) in [6.07, 6.45) is 10.1. The number of hydrogen-bond acceptors (Lipinski definition) is 3. The Labute approximate surface area is 156 Å². The monoisotopic (exact) mass is 429 g/mol. The normalized spacial score (nSPS) is 19.8. The molecule has 1 saturated carbocycles. The number of aromatic nitrogens is 1. The predicted octanol–water partition coefficient (Wildman–Crippen LogP) is 2.62. The van der Waals surface area contributed by atoms with Gasteiger partial charge in [0.1, 0.15) is 0 Å². The fourth-order valence-electron chi connectivity index (χ4n) is 3.16. The average molecular weight is 429 g/mol. The van der Waals surface area contributed by atoms with Crippen molar-refractivity contribution in [2.75, 3.05) is 31.1 Å². The lowest BCUT2D eigenvalue weighted by atomic mass is 9.86. The molecule has 2 fully saturated rings. The molecule has 3 N–H and O–H groups in total. The summed E-state index contributed by atoms with van der Waals surface area (Å²) in [5.41, 5.74) is 7.24. The summed E-state index contributed by atoms with van der Waals surface area (Å²) >= 11 is 0. The first-order chi connectivity index (χ1) is 10.8. The van der Waals surface area contributed by atoms with E-state index in [2.05, 4.69) is 32.3 Å². The van der Waals surface area contributed by atoms with Crippen molar-refractivity contribution in [1.82, 2.24) is 10.3 Å². The standard InChI is InChI=1S/C17H27N5.HI/c18-17(20-12-14-2-1-3-14)21-13-15-6-10-22(11-7-15)16-4-8-19-9-5-16;/h4-5,8-9,14-15H,1-3,6-7,10-13H2,(H3,18,20,21);1H. The van der Waals surface area contributed by atoms with Crippen molar-refractivity contribution in [3.63, 3.8) is 0 Å². The molecule has 0 radical (unpaired) electrons. The maximum Gasteiger partial charge on any atom is 0.188 e. The van der Waals surface area contributed by atoms with Crippen LogP contribution in [-0.2, 0) is 0 Å². The van der Waals surface area contributed by atoms with Gasteiger partial charge in [-0.25, -0.2) is 0 Å². The number of guanidine groups is 1. The van der Waals surface area contributed by atoms with Gasteiger partial charge in [0.05, 0.1) is 0 Å². The minimum Gasteiger partial charge on any atom is -0.371 e. The third-order valence-electron chi connectivity index (χ3n) is 4.96. The molecule has 0 spiro atoms. The summed E-state index contributed by atoms with van der Waals surface area (Å²) in [7, 11) is 0. The molecule has 5 nitrogen and oxygen atoms in total. The van der Waals surface area contributed by atoms with E-state index in [1.165, 1.54) is 37.8 Å². The Morgan fingerprint density at radius 2 is 1.87 bits per heavy atom. The summed E-state index contributed by atoms with van der Waals surface area (Å²) in [5.74, 6) is 2.10. The van der Waals surface area contributed by atoms with Gasteiger partial charge in [0, 0.05) is 44.3 Å². The lowest BCUT2D eigenvalue weighted by Gasteiger charge is -2.33. The number of anilines is 1. The van der Waals surface area contributed by atoms with Crippen molar-refractivity contribution in [2.24, 2.45) is 22.6 Å². The van der Waals surface area contributed by atoms with E-state index < -0.39 is 0 Å². The van der Waals surface area contributed by atoms with Gasteiger partial charge in [-0.3, -0.25) is 9.98 Å². The topological polar surface area (TPSA) is 66.5 Å². The maximum atomic E-state index is 5.96. The summed E-state index contributed by atoms with van der Waals surface area (Å²) in [6, 6.07) is 4.17. The molecule has 1 saturated heterocycles. The lowest BCUT2D eigenvalue weighted by molar-refractivity contribution is 0.325. The van der Waals surface area contributed by atoms with E-state index in [1.807, 2.05) is 12.4 Å². The van der Waals surface area contributed by atoms with E-state index in [-0.39, 0.29) is 24.0 Å². The molecule has 0 bridgehead atoms. The van der Waals surface area contributed by atoms with Gasteiger partial charge in [-0.1, -0.05) is 6.42 Å². The van der Waals surface area contributed by atoms with Crippen LogP contribution >= 0.6 is 24.0 Å². The number of rotatable bonds is 5. The maximum absolute atomic E-state index is 5.96. The summed E-state index contributed by atoms with van der Waals surface area (Å²) in [4.78, 5) is 11.0. The smallest absolute Gasteiger partial charge is 0.188 e. The highest BCUT2D eigenvalue weighted by Crippen LogP contribution is 2.26. The second kappa shape index (κ2) is 9.30. The number of nitrogens with zero attached hydrogens (tertiary/aromatic N) is 3. The van der Waals surface area contributed by atoms with E-state index >= 15 is 0 Å². The van der Waals surface area contributed by atoms with E-state index in [1.54, 1.807) is 0 Å². The van der Waals surface area contributed by atoms with Gasteiger partial charge in [0.15, 0.2) is 5.96 Å². The van der Waals surface area contributed by atoms with Crippen LogP contribution in [0, 0.1) is 11.8 Å². The van der Waals surface area contributed by atoms with Crippen LogP contribution in [0.25, 0.3) is 0 Å². The molecule has 0 unspecified atom stereocenters. The van der Waals surface area contributed by atoms with E-state index in [0.29, 0.717) is 11.9 Å². The molecule has 1 aliphatic heterocycles. The Kier molecular flexibility index (Phi) is 7.39. The second-order valence-corrected chi connectivity index (χ2v) is 6.54. The highest BCUT2D eigenvalue weighted by atomic mass is 127. The molecule has 0 amide bonds. The zero-order valence-corrected chi connectivity index (χ0v) is 16.0. The fourth-order valence-corrected chi connectivity index (χ4v) is 3.16. The molecule has 1 aromatic heterocycles. The molecule has 1 aliphatic carbocycles. The molecule has 0 aromatic carbocycles. The summed E-state index contributed by atoms with van der Waals surface area (Å²) in [5, 5.41) is 3.31. The van der Waals surface area contributed by atoms with Gasteiger partial charge in [-0.05, 0) is 49.7 Å². The van der Waals surface area contributed by atoms with Crippen molar-refractivity contribution >= 4 is 35.6 Å². The van der Waals surface area contributed by atoms with Gasteiger partial charge in [0.2, 0.25) is 0 Å². The summed E-state index contributed by atoms with van der Waals surface area (Å²) < 4.78 is 0. The number of nitrogens with one attached hydrogen (secondary N) is 1. The van der Waals surface area contributed by atoms with Crippen molar-refractivity contribution in [3.05, 3.63) is 24.5 Å². The number of halogens is 1. The first-order valence-corrected chi connectivity index (χ1v) is 8.50. The predicted molar refractivity (Wildman–Crippen MR) is 106 cm³/mol. The molecule has 23 heavy (non-hydrogen) atoms. The van der Waals surface area contributed by atoms with Crippen LogP contribution in [-0.4, -0.2) is 37.1 Å². The van der Waals surface area contributed by atoms with Crippen molar-refractivity contribution in [3.8, 4) is 0 Å². The fraction of sp³-hybridized carbons (Fsp3) is 0.647. The first-order valence-electron chi connectivity index (χ1n) is 8.50. The van der Waals surface area contributed by atoms with Gasteiger partial charge in [0.25, 0.3) is 0 Å².